The summed E-state index contributed by atoms with van der Waals surface area (Å²) in [4.78, 5) is 12.9. The molecule has 0 aromatic heterocycles. The third-order valence-corrected chi connectivity index (χ3v) is 6.65. The van der Waals surface area contributed by atoms with E-state index in [-0.39, 0.29) is 29.1 Å². The lowest BCUT2D eigenvalue weighted by Gasteiger charge is -2.47. The van der Waals surface area contributed by atoms with Crippen LogP contribution < -0.4 is 0 Å². The zero-order valence-corrected chi connectivity index (χ0v) is 14.5. The molecule has 0 heterocycles. The second-order valence-electron chi connectivity index (χ2n) is 8.11. The largest absolute Gasteiger partial charge is 0.392 e. The number of ketones is 1. The molecule has 3 aliphatic carbocycles. The van der Waals surface area contributed by atoms with Crippen molar-refractivity contribution < 1.29 is 9.90 Å². The number of fused-ring (bicyclic) bond motifs is 3. The van der Waals surface area contributed by atoms with Gasteiger partial charge in [0.05, 0.1) is 18.1 Å². The smallest absolute Gasteiger partial charge is 0.143 e. The van der Waals surface area contributed by atoms with Gasteiger partial charge in [-0.2, -0.15) is 5.26 Å². The summed E-state index contributed by atoms with van der Waals surface area (Å²) in [6, 6.07) is 2.64. The zero-order valence-electron chi connectivity index (χ0n) is 14.5. The standard InChI is InChI=1S/C20H27NO2/c1-13(2)15-6-7-20(12-21)9-8-19(3)16(18(15)20)5-4-14(11-22)10-17(19)23/h4,13,16,22H,5-11H2,1-3H3/t16-,19-,20-/m1/s1. The zero-order chi connectivity index (χ0) is 16.8. The number of nitrogens with zero attached hydrogens (tertiary/aromatic N) is 1. The second kappa shape index (κ2) is 5.60. The molecule has 0 aliphatic heterocycles. The van der Waals surface area contributed by atoms with Crippen molar-refractivity contribution in [1.29, 1.82) is 5.26 Å². The van der Waals surface area contributed by atoms with Crippen LogP contribution in [0.2, 0.25) is 0 Å². The molecule has 0 aromatic carbocycles. The van der Waals surface area contributed by atoms with Crippen molar-refractivity contribution in [3.05, 3.63) is 22.8 Å². The Morgan fingerprint density at radius 3 is 2.74 bits per heavy atom. The second-order valence-corrected chi connectivity index (χ2v) is 8.11. The molecular formula is C20H27NO2. The van der Waals surface area contributed by atoms with E-state index in [4.69, 9.17) is 0 Å². The molecule has 3 nitrogen and oxygen atoms in total. The number of carbonyl (C=O) groups is 1. The summed E-state index contributed by atoms with van der Waals surface area (Å²) in [5, 5.41) is 19.4. The SMILES string of the molecule is CC(C)C1=C2[C@H]3CC=C(CO)CC(=O)[C@]3(C)CC[C@@]2(C#N)CC1. The number of aliphatic hydroxyl groups is 1. The summed E-state index contributed by atoms with van der Waals surface area (Å²) in [6.45, 7) is 6.47. The molecule has 3 rings (SSSR count). The molecule has 0 bridgehead atoms. The molecule has 0 amide bonds. The Morgan fingerprint density at radius 2 is 2.13 bits per heavy atom. The number of aliphatic hydroxyl groups excluding tert-OH is 1. The first-order valence-electron chi connectivity index (χ1n) is 8.84. The predicted octanol–water partition coefficient (Wildman–Crippen LogP) is 3.94. The van der Waals surface area contributed by atoms with Gasteiger partial charge in [-0.25, -0.2) is 0 Å². The first kappa shape index (κ1) is 16.5. The van der Waals surface area contributed by atoms with Crippen molar-refractivity contribution in [1.82, 2.24) is 0 Å². The van der Waals surface area contributed by atoms with E-state index in [1.54, 1.807) is 0 Å². The van der Waals surface area contributed by atoms with Crippen LogP contribution in [0.5, 0.6) is 0 Å². The molecule has 1 fully saturated rings. The molecular weight excluding hydrogens is 286 g/mol. The fraction of sp³-hybridized carbons (Fsp3) is 0.700. The lowest BCUT2D eigenvalue weighted by atomic mass is 9.54. The quantitative estimate of drug-likeness (QED) is 0.785. The number of hydrogen-bond donors (Lipinski definition) is 1. The Kier molecular flexibility index (Phi) is 4.01. The van der Waals surface area contributed by atoms with Gasteiger partial charge in [-0.3, -0.25) is 4.79 Å². The van der Waals surface area contributed by atoms with Crippen LogP contribution in [-0.4, -0.2) is 17.5 Å². The average molecular weight is 313 g/mol. The fourth-order valence-corrected chi connectivity index (χ4v) is 5.08. The van der Waals surface area contributed by atoms with E-state index in [2.05, 4.69) is 32.9 Å². The van der Waals surface area contributed by atoms with Crippen LogP contribution in [0, 0.1) is 34.0 Å². The third-order valence-electron chi connectivity index (χ3n) is 6.65. The number of nitriles is 1. The van der Waals surface area contributed by atoms with Crippen molar-refractivity contribution in [3.8, 4) is 6.07 Å². The van der Waals surface area contributed by atoms with Gasteiger partial charge >= 0.3 is 0 Å². The lowest BCUT2D eigenvalue weighted by molar-refractivity contribution is -0.131. The van der Waals surface area contributed by atoms with Gasteiger partial charge in [0.1, 0.15) is 5.78 Å². The predicted molar refractivity (Wildman–Crippen MR) is 89.4 cm³/mol. The van der Waals surface area contributed by atoms with Gasteiger partial charge in [0.15, 0.2) is 0 Å². The maximum atomic E-state index is 12.9. The minimum Gasteiger partial charge on any atom is -0.392 e. The highest BCUT2D eigenvalue weighted by Crippen LogP contribution is 2.62. The minimum absolute atomic E-state index is 0.0337. The molecule has 0 spiro atoms. The van der Waals surface area contributed by atoms with E-state index in [0.29, 0.717) is 12.3 Å². The van der Waals surface area contributed by atoms with Crippen LogP contribution >= 0.6 is 0 Å². The topological polar surface area (TPSA) is 61.1 Å². The molecule has 0 unspecified atom stereocenters. The Hall–Kier alpha value is -1.40. The monoisotopic (exact) mass is 313 g/mol. The number of allylic oxidation sites excluding steroid dienone is 3. The highest BCUT2D eigenvalue weighted by atomic mass is 16.3. The number of rotatable bonds is 2. The van der Waals surface area contributed by atoms with Crippen molar-refractivity contribution in [2.75, 3.05) is 6.61 Å². The number of Topliss-reactive ketones (excluding diaryl/α,β-unsaturated/α-hetero) is 1. The molecule has 0 radical (unpaired) electrons. The highest BCUT2D eigenvalue weighted by Gasteiger charge is 2.56. The third kappa shape index (κ3) is 2.31. The van der Waals surface area contributed by atoms with Crippen LogP contribution in [-0.2, 0) is 4.79 Å². The van der Waals surface area contributed by atoms with Crippen LogP contribution in [0.15, 0.2) is 22.8 Å². The first-order chi connectivity index (χ1) is 10.9. The number of carbonyl (C=O) groups excluding carboxylic acids is 1. The fourth-order valence-electron chi connectivity index (χ4n) is 5.08. The van der Waals surface area contributed by atoms with Gasteiger partial charge in [0.25, 0.3) is 0 Å². The van der Waals surface area contributed by atoms with Crippen molar-refractivity contribution in [2.24, 2.45) is 22.7 Å². The normalized spacial score (nSPS) is 37.1. The molecule has 0 saturated heterocycles. The van der Waals surface area contributed by atoms with E-state index >= 15 is 0 Å². The highest BCUT2D eigenvalue weighted by molar-refractivity contribution is 5.88. The number of hydrogen-bond acceptors (Lipinski definition) is 3. The maximum absolute atomic E-state index is 12.9. The van der Waals surface area contributed by atoms with Gasteiger partial charge in [0, 0.05) is 11.8 Å². The molecule has 1 N–H and O–H groups in total. The van der Waals surface area contributed by atoms with Crippen LogP contribution in [0.25, 0.3) is 0 Å². The summed E-state index contributed by atoms with van der Waals surface area (Å²) in [5.41, 5.74) is 2.82. The van der Waals surface area contributed by atoms with Gasteiger partial charge < -0.3 is 5.11 Å². The summed E-state index contributed by atoms with van der Waals surface area (Å²) >= 11 is 0. The summed E-state index contributed by atoms with van der Waals surface area (Å²) in [6.07, 6.45) is 6.74. The maximum Gasteiger partial charge on any atom is 0.143 e. The Balaban J connectivity index is 2.15. The molecule has 0 aromatic rings. The Labute approximate surface area is 139 Å². The van der Waals surface area contributed by atoms with E-state index in [1.165, 1.54) is 11.1 Å². The van der Waals surface area contributed by atoms with Gasteiger partial charge in [-0.1, -0.05) is 32.4 Å². The molecule has 1 saturated carbocycles. The minimum atomic E-state index is -0.381. The molecule has 3 atom stereocenters. The molecule has 124 valence electrons. The van der Waals surface area contributed by atoms with Crippen LogP contribution in [0.3, 0.4) is 0 Å². The molecule has 23 heavy (non-hydrogen) atoms. The lowest BCUT2D eigenvalue weighted by Crippen LogP contribution is -2.45. The summed E-state index contributed by atoms with van der Waals surface area (Å²) < 4.78 is 0. The Bertz CT molecular complexity index is 637. The Morgan fingerprint density at radius 1 is 1.39 bits per heavy atom. The van der Waals surface area contributed by atoms with Gasteiger partial charge in [0.2, 0.25) is 0 Å². The average Bonchev–Trinajstić information content (AvgIpc) is 2.87. The van der Waals surface area contributed by atoms with E-state index in [0.717, 1.165) is 37.7 Å². The van der Waals surface area contributed by atoms with Crippen molar-refractivity contribution >= 4 is 5.78 Å². The molecule has 3 aliphatic rings. The van der Waals surface area contributed by atoms with Gasteiger partial charge in [-0.15, -0.1) is 0 Å². The van der Waals surface area contributed by atoms with E-state index in [1.807, 2.05) is 0 Å². The van der Waals surface area contributed by atoms with Crippen LogP contribution in [0.4, 0.5) is 0 Å². The van der Waals surface area contributed by atoms with Crippen LogP contribution in [0.1, 0.15) is 59.3 Å². The summed E-state index contributed by atoms with van der Waals surface area (Å²) in [5.74, 6) is 0.809. The summed E-state index contributed by atoms with van der Waals surface area (Å²) in [7, 11) is 0. The molecule has 3 heteroatoms. The van der Waals surface area contributed by atoms with Gasteiger partial charge in [-0.05, 0) is 55.1 Å². The van der Waals surface area contributed by atoms with E-state index < -0.39 is 0 Å². The van der Waals surface area contributed by atoms with Crippen molar-refractivity contribution in [2.45, 2.75) is 59.3 Å². The van der Waals surface area contributed by atoms with Crippen molar-refractivity contribution in [3.63, 3.8) is 0 Å². The first-order valence-corrected chi connectivity index (χ1v) is 8.84. The van der Waals surface area contributed by atoms with E-state index in [9.17, 15) is 15.2 Å².